The number of benzene rings is 2. The third kappa shape index (κ3) is 4.03. The molecule has 0 aromatic heterocycles. The monoisotopic (exact) mass is 343 g/mol. The Kier molecular flexibility index (Phi) is 5.00. The molecule has 24 heavy (non-hydrogen) atoms. The molecule has 1 atom stereocenters. The molecule has 0 spiro atoms. The molecule has 2 aromatic rings. The number of hydrogen-bond donors (Lipinski definition) is 0. The standard InChI is InChI=1S/C19H21NO3S/c21-19(17-12-14-24(22,23)15-17)20(18-9-5-2-6-10-18)13-11-16-7-3-1-4-8-16/h1-10,17H,11-15H2. The molecule has 1 fully saturated rings. The Bertz CT molecular complexity index is 788. The maximum absolute atomic E-state index is 12.9. The molecule has 0 aliphatic carbocycles. The molecular weight excluding hydrogens is 322 g/mol. The summed E-state index contributed by atoms with van der Waals surface area (Å²) >= 11 is 0. The number of anilines is 1. The Morgan fingerprint density at radius 1 is 1.00 bits per heavy atom. The van der Waals surface area contributed by atoms with Crippen molar-refractivity contribution in [2.45, 2.75) is 12.8 Å². The Hall–Kier alpha value is -2.14. The van der Waals surface area contributed by atoms with Crippen LogP contribution < -0.4 is 4.90 Å². The van der Waals surface area contributed by atoms with Gasteiger partial charge in [-0.2, -0.15) is 0 Å². The van der Waals surface area contributed by atoms with Crippen LogP contribution >= 0.6 is 0 Å². The summed E-state index contributed by atoms with van der Waals surface area (Å²) in [6.45, 7) is 0.545. The first-order chi connectivity index (χ1) is 11.6. The van der Waals surface area contributed by atoms with Crippen molar-refractivity contribution in [1.29, 1.82) is 0 Å². The number of rotatable bonds is 5. The van der Waals surface area contributed by atoms with Crippen molar-refractivity contribution in [3.05, 3.63) is 66.2 Å². The first-order valence-corrected chi connectivity index (χ1v) is 9.98. The lowest BCUT2D eigenvalue weighted by Crippen LogP contribution is -2.38. The van der Waals surface area contributed by atoms with Gasteiger partial charge >= 0.3 is 0 Å². The quantitative estimate of drug-likeness (QED) is 0.839. The van der Waals surface area contributed by atoms with E-state index in [0.29, 0.717) is 13.0 Å². The van der Waals surface area contributed by atoms with Crippen LogP contribution in [0.25, 0.3) is 0 Å². The van der Waals surface area contributed by atoms with E-state index in [1.165, 1.54) is 0 Å². The summed E-state index contributed by atoms with van der Waals surface area (Å²) in [5, 5.41) is 0. The maximum atomic E-state index is 12.9. The van der Waals surface area contributed by atoms with E-state index in [0.717, 1.165) is 17.7 Å². The van der Waals surface area contributed by atoms with Gasteiger partial charge in [-0.25, -0.2) is 8.42 Å². The molecular formula is C19H21NO3S. The van der Waals surface area contributed by atoms with Crippen molar-refractivity contribution in [3.8, 4) is 0 Å². The second-order valence-corrected chi connectivity index (χ2v) is 8.39. The fourth-order valence-corrected chi connectivity index (χ4v) is 4.80. The molecule has 0 N–H and O–H groups in total. The van der Waals surface area contributed by atoms with Crippen LogP contribution in [0.5, 0.6) is 0 Å². The Balaban J connectivity index is 1.78. The van der Waals surface area contributed by atoms with Crippen LogP contribution in [0.4, 0.5) is 5.69 Å². The zero-order chi connectivity index (χ0) is 17.0. The third-order valence-corrected chi connectivity index (χ3v) is 6.15. The first-order valence-electron chi connectivity index (χ1n) is 8.16. The van der Waals surface area contributed by atoms with E-state index in [4.69, 9.17) is 0 Å². The molecule has 1 aliphatic rings. The first kappa shape index (κ1) is 16.7. The molecule has 2 aromatic carbocycles. The Morgan fingerprint density at radius 2 is 1.62 bits per heavy atom. The van der Waals surface area contributed by atoms with Crippen molar-refractivity contribution in [2.75, 3.05) is 23.0 Å². The van der Waals surface area contributed by atoms with Crippen LogP contribution in [0.2, 0.25) is 0 Å². The summed E-state index contributed by atoms with van der Waals surface area (Å²) in [7, 11) is -3.07. The van der Waals surface area contributed by atoms with E-state index in [-0.39, 0.29) is 17.4 Å². The van der Waals surface area contributed by atoms with Gasteiger partial charge in [-0.05, 0) is 30.5 Å². The maximum Gasteiger partial charge on any atom is 0.231 e. The molecule has 1 aliphatic heterocycles. The molecule has 1 unspecified atom stereocenters. The molecule has 0 radical (unpaired) electrons. The van der Waals surface area contributed by atoms with Gasteiger partial charge < -0.3 is 4.90 Å². The summed E-state index contributed by atoms with van der Waals surface area (Å²) in [6.07, 6.45) is 1.16. The Morgan fingerprint density at radius 3 is 2.21 bits per heavy atom. The average molecular weight is 343 g/mol. The number of nitrogens with zero attached hydrogens (tertiary/aromatic N) is 1. The fourth-order valence-electron chi connectivity index (χ4n) is 3.07. The second-order valence-electron chi connectivity index (χ2n) is 6.16. The molecule has 0 bridgehead atoms. The summed E-state index contributed by atoms with van der Waals surface area (Å²) in [6, 6.07) is 19.5. The summed E-state index contributed by atoms with van der Waals surface area (Å²) in [5.41, 5.74) is 1.98. The van der Waals surface area contributed by atoms with Gasteiger partial charge in [-0.1, -0.05) is 48.5 Å². The minimum atomic E-state index is -3.07. The van der Waals surface area contributed by atoms with Gasteiger partial charge in [0.05, 0.1) is 17.4 Å². The molecule has 1 amide bonds. The molecule has 3 rings (SSSR count). The van der Waals surface area contributed by atoms with Crippen molar-refractivity contribution in [2.24, 2.45) is 5.92 Å². The summed E-state index contributed by atoms with van der Waals surface area (Å²) < 4.78 is 23.4. The van der Waals surface area contributed by atoms with Gasteiger partial charge in [-0.3, -0.25) is 4.79 Å². The lowest BCUT2D eigenvalue weighted by Gasteiger charge is -2.25. The van der Waals surface area contributed by atoms with Crippen molar-refractivity contribution in [1.82, 2.24) is 0 Å². The van der Waals surface area contributed by atoms with Crippen molar-refractivity contribution in [3.63, 3.8) is 0 Å². The topological polar surface area (TPSA) is 54.5 Å². The molecule has 1 heterocycles. The van der Waals surface area contributed by atoms with Crippen molar-refractivity contribution >= 4 is 21.4 Å². The van der Waals surface area contributed by atoms with E-state index in [9.17, 15) is 13.2 Å². The van der Waals surface area contributed by atoms with Crippen LogP contribution in [0, 0.1) is 5.92 Å². The van der Waals surface area contributed by atoms with Crippen LogP contribution in [0.15, 0.2) is 60.7 Å². The van der Waals surface area contributed by atoms with Crippen LogP contribution in [-0.4, -0.2) is 32.4 Å². The third-order valence-electron chi connectivity index (χ3n) is 4.38. The highest BCUT2D eigenvalue weighted by molar-refractivity contribution is 7.91. The highest BCUT2D eigenvalue weighted by atomic mass is 32.2. The minimum Gasteiger partial charge on any atom is -0.312 e. The lowest BCUT2D eigenvalue weighted by atomic mass is 10.1. The highest BCUT2D eigenvalue weighted by Crippen LogP contribution is 2.24. The number of carbonyl (C=O) groups excluding carboxylic acids is 1. The van der Waals surface area contributed by atoms with E-state index in [1.54, 1.807) is 4.90 Å². The highest BCUT2D eigenvalue weighted by Gasteiger charge is 2.35. The summed E-state index contributed by atoms with van der Waals surface area (Å²) in [4.78, 5) is 14.7. The van der Waals surface area contributed by atoms with Gasteiger partial charge in [0.1, 0.15) is 0 Å². The van der Waals surface area contributed by atoms with Crippen LogP contribution in [-0.2, 0) is 21.1 Å². The molecule has 1 saturated heterocycles. The second kappa shape index (κ2) is 7.18. The van der Waals surface area contributed by atoms with Gasteiger partial charge in [0, 0.05) is 12.2 Å². The molecule has 4 nitrogen and oxygen atoms in total. The van der Waals surface area contributed by atoms with Crippen LogP contribution in [0.3, 0.4) is 0 Å². The van der Waals surface area contributed by atoms with E-state index in [2.05, 4.69) is 0 Å². The largest absolute Gasteiger partial charge is 0.312 e. The van der Waals surface area contributed by atoms with E-state index < -0.39 is 15.8 Å². The zero-order valence-electron chi connectivity index (χ0n) is 13.5. The predicted octanol–water partition coefficient (Wildman–Crippen LogP) is 2.70. The van der Waals surface area contributed by atoms with Crippen LogP contribution in [0.1, 0.15) is 12.0 Å². The molecule has 0 saturated carbocycles. The Labute approximate surface area is 143 Å². The van der Waals surface area contributed by atoms with E-state index in [1.807, 2.05) is 60.7 Å². The molecule has 126 valence electrons. The predicted molar refractivity (Wildman–Crippen MR) is 95.7 cm³/mol. The number of para-hydroxylation sites is 1. The molecule has 5 heteroatoms. The van der Waals surface area contributed by atoms with Crippen molar-refractivity contribution < 1.29 is 13.2 Å². The number of carbonyl (C=O) groups is 1. The van der Waals surface area contributed by atoms with Gasteiger partial charge in [0.25, 0.3) is 0 Å². The van der Waals surface area contributed by atoms with Gasteiger partial charge in [0.15, 0.2) is 9.84 Å². The number of amides is 1. The lowest BCUT2D eigenvalue weighted by molar-refractivity contribution is -0.121. The van der Waals surface area contributed by atoms with Gasteiger partial charge in [-0.15, -0.1) is 0 Å². The smallest absolute Gasteiger partial charge is 0.231 e. The van der Waals surface area contributed by atoms with Gasteiger partial charge in [0.2, 0.25) is 5.91 Å². The zero-order valence-corrected chi connectivity index (χ0v) is 14.3. The fraction of sp³-hybridized carbons (Fsp3) is 0.316. The summed E-state index contributed by atoms with van der Waals surface area (Å²) in [5.74, 6) is -0.421. The van der Waals surface area contributed by atoms with E-state index >= 15 is 0 Å². The normalized spacial score (nSPS) is 19.1. The number of sulfone groups is 1. The number of hydrogen-bond acceptors (Lipinski definition) is 3. The SMILES string of the molecule is O=C(C1CCS(=O)(=O)C1)N(CCc1ccccc1)c1ccccc1. The minimum absolute atomic E-state index is 0.0273. The average Bonchev–Trinajstić information content (AvgIpc) is 2.97.